The van der Waals surface area contributed by atoms with Gasteiger partial charge in [-0.15, -0.1) is 0 Å². The van der Waals surface area contributed by atoms with Gasteiger partial charge >= 0.3 is 12.1 Å². The second kappa shape index (κ2) is 6.33. The molecule has 1 N–H and O–H groups in total. The summed E-state index contributed by atoms with van der Waals surface area (Å²) in [6.45, 7) is 0.473. The second-order valence-corrected chi connectivity index (χ2v) is 6.15. The Morgan fingerprint density at radius 2 is 1.80 bits per heavy atom. The van der Waals surface area contributed by atoms with Crippen LogP contribution in [0.25, 0.3) is 0 Å². The van der Waals surface area contributed by atoms with Crippen LogP contribution in [0.3, 0.4) is 0 Å². The van der Waals surface area contributed by atoms with Crippen LogP contribution in [0.4, 0.5) is 13.2 Å². The van der Waals surface area contributed by atoms with Gasteiger partial charge in [-0.05, 0) is 18.9 Å². The summed E-state index contributed by atoms with van der Waals surface area (Å²) >= 11 is 0. The molecule has 2 fully saturated rings. The van der Waals surface area contributed by atoms with Gasteiger partial charge in [0.15, 0.2) is 0 Å². The van der Waals surface area contributed by atoms with Crippen LogP contribution in [0.1, 0.15) is 38.5 Å². The van der Waals surface area contributed by atoms with Crippen molar-refractivity contribution in [1.82, 2.24) is 4.90 Å². The predicted molar refractivity (Wildman–Crippen MR) is 68.3 cm³/mol. The smallest absolute Gasteiger partial charge is 0.393 e. The Labute approximate surface area is 117 Å². The molecule has 2 atom stereocenters. The molecule has 0 spiro atoms. The van der Waals surface area contributed by atoms with Gasteiger partial charge in [0.2, 0.25) is 0 Å². The van der Waals surface area contributed by atoms with E-state index in [1.807, 2.05) is 0 Å². The molecular formula is C14H22F3NO2. The zero-order valence-electron chi connectivity index (χ0n) is 11.5. The van der Waals surface area contributed by atoms with E-state index in [2.05, 4.69) is 0 Å². The third kappa shape index (κ3) is 3.87. The zero-order chi connectivity index (χ0) is 14.8. The van der Waals surface area contributed by atoms with E-state index >= 15 is 0 Å². The molecule has 2 rings (SSSR count). The van der Waals surface area contributed by atoms with E-state index in [4.69, 9.17) is 5.11 Å². The van der Waals surface area contributed by atoms with Crippen molar-refractivity contribution in [2.24, 2.45) is 17.8 Å². The molecule has 0 radical (unpaired) electrons. The van der Waals surface area contributed by atoms with Gasteiger partial charge in [0.25, 0.3) is 0 Å². The maximum absolute atomic E-state index is 12.8. The largest absolute Gasteiger partial charge is 0.481 e. The summed E-state index contributed by atoms with van der Waals surface area (Å²) < 4.78 is 38.5. The van der Waals surface area contributed by atoms with Crippen LogP contribution in [0.2, 0.25) is 0 Å². The number of nitrogens with zero attached hydrogens (tertiary/aromatic N) is 1. The maximum Gasteiger partial charge on any atom is 0.393 e. The first-order chi connectivity index (χ1) is 9.38. The predicted octanol–water partition coefficient (Wildman–Crippen LogP) is 3.15. The maximum atomic E-state index is 12.8. The highest BCUT2D eigenvalue weighted by Crippen LogP contribution is 2.38. The average Bonchev–Trinajstić information content (AvgIpc) is 2.82. The Morgan fingerprint density at radius 1 is 1.15 bits per heavy atom. The van der Waals surface area contributed by atoms with Gasteiger partial charge in [0.05, 0.1) is 11.8 Å². The summed E-state index contributed by atoms with van der Waals surface area (Å²) in [6.07, 6.45) is 2.51. The van der Waals surface area contributed by atoms with E-state index in [1.54, 1.807) is 4.90 Å². The summed E-state index contributed by atoms with van der Waals surface area (Å²) in [6, 6.07) is 0. The molecule has 6 heteroatoms. The van der Waals surface area contributed by atoms with Gasteiger partial charge in [-0.1, -0.05) is 32.1 Å². The summed E-state index contributed by atoms with van der Waals surface area (Å²) in [7, 11) is 0. The van der Waals surface area contributed by atoms with Crippen LogP contribution < -0.4 is 0 Å². The Kier molecular flexibility index (Phi) is 4.94. The van der Waals surface area contributed by atoms with Gasteiger partial charge in [-0.25, -0.2) is 0 Å². The van der Waals surface area contributed by atoms with E-state index < -0.39 is 24.0 Å². The number of carboxylic acids is 1. The lowest BCUT2D eigenvalue weighted by atomic mass is 9.87. The molecule has 3 nitrogen and oxygen atoms in total. The Morgan fingerprint density at radius 3 is 2.30 bits per heavy atom. The first-order valence-electron chi connectivity index (χ1n) is 7.40. The normalized spacial score (nSPS) is 29.8. The SMILES string of the molecule is O=C(O)[C@@H]1CN(CCC2CCCCC2)C[C@H]1C(F)(F)F. The minimum atomic E-state index is -4.41. The van der Waals surface area contributed by atoms with E-state index in [9.17, 15) is 18.0 Å². The van der Waals surface area contributed by atoms with Crippen LogP contribution >= 0.6 is 0 Å². The Balaban J connectivity index is 1.86. The van der Waals surface area contributed by atoms with Crippen LogP contribution in [-0.4, -0.2) is 41.8 Å². The lowest BCUT2D eigenvalue weighted by molar-refractivity contribution is -0.188. The van der Waals surface area contributed by atoms with E-state index in [1.165, 1.54) is 32.1 Å². The Hall–Kier alpha value is -0.780. The van der Waals surface area contributed by atoms with Crippen molar-refractivity contribution in [3.8, 4) is 0 Å². The minimum Gasteiger partial charge on any atom is -0.481 e. The standard InChI is InChI=1S/C14H22F3NO2/c15-14(16,17)12-9-18(8-11(12)13(19)20)7-6-10-4-2-1-3-5-10/h10-12H,1-9H2,(H,19,20)/t11-,12-/m1/s1. The van der Waals surface area contributed by atoms with Gasteiger partial charge < -0.3 is 10.0 Å². The molecule has 0 amide bonds. The fraction of sp³-hybridized carbons (Fsp3) is 0.929. The molecule has 1 aliphatic heterocycles. The molecule has 1 aliphatic carbocycles. The summed E-state index contributed by atoms with van der Waals surface area (Å²) in [4.78, 5) is 12.7. The molecule has 0 bridgehead atoms. The lowest BCUT2D eigenvalue weighted by Crippen LogP contribution is -2.33. The summed E-state index contributed by atoms with van der Waals surface area (Å²) in [5.74, 6) is -3.74. The number of likely N-dealkylation sites (tertiary alicyclic amines) is 1. The third-order valence-electron chi connectivity index (χ3n) is 4.71. The molecule has 1 saturated carbocycles. The van der Waals surface area contributed by atoms with Crippen molar-refractivity contribution in [2.45, 2.75) is 44.7 Å². The van der Waals surface area contributed by atoms with Crippen LogP contribution in [-0.2, 0) is 4.79 Å². The number of hydrogen-bond acceptors (Lipinski definition) is 2. The van der Waals surface area contributed by atoms with Crippen molar-refractivity contribution in [3.05, 3.63) is 0 Å². The number of hydrogen-bond donors (Lipinski definition) is 1. The molecule has 0 aromatic heterocycles. The molecule has 2 aliphatic rings. The molecule has 0 aromatic carbocycles. The van der Waals surface area contributed by atoms with Gasteiger partial charge in [-0.2, -0.15) is 13.2 Å². The highest BCUT2D eigenvalue weighted by molar-refractivity contribution is 5.71. The molecule has 1 saturated heterocycles. The summed E-state index contributed by atoms with van der Waals surface area (Å²) in [5.41, 5.74) is 0. The quantitative estimate of drug-likeness (QED) is 0.865. The van der Waals surface area contributed by atoms with Crippen molar-refractivity contribution >= 4 is 5.97 Å². The van der Waals surface area contributed by atoms with Crippen molar-refractivity contribution in [1.29, 1.82) is 0 Å². The zero-order valence-corrected chi connectivity index (χ0v) is 11.5. The van der Waals surface area contributed by atoms with Crippen LogP contribution in [0, 0.1) is 17.8 Å². The number of rotatable bonds is 4. The van der Waals surface area contributed by atoms with Gasteiger partial charge in [-0.3, -0.25) is 4.79 Å². The second-order valence-electron chi connectivity index (χ2n) is 6.15. The number of carboxylic acid groups (broad SMARTS) is 1. The van der Waals surface area contributed by atoms with Crippen LogP contribution in [0.5, 0.6) is 0 Å². The molecule has 116 valence electrons. The summed E-state index contributed by atoms with van der Waals surface area (Å²) in [5, 5.41) is 8.96. The first-order valence-corrected chi connectivity index (χ1v) is 7.40. The molecular weight excluding hydrogens is 271 g/mol. The Bertz CT molecular complexity index is 340. The third-order valence-corrected chi connectivity index (χ3v) is 4.71. The molecule has 20 heavy (non-hydrogen) atoms. The first kappa shape index (κ1) is 15.6. The highest BCUT2D eigenvalue weighted by Gasteiger charge is 2.52. The monoisotopic (exact) mass is 293 g/mol. The van der Waals surface area contributed by atoms with Gasteiger partial charge in [0.1, 0.15) is 0 Å². The minimum absolute atomic E-state index is 0.0340. The molecule has 1 heterocycles. The number of carbonyl (C=O) groups is 1. The van der Waals surface area contributed by atoms with E-state index in [0.717, 1.165) is 6.42 Å². The topological polar surface area (TPSA) is 40.5 Å². The van der Waals surface area contributed by atoms with Gasteiger partial charge in [0, 0.05) is 13.1 Å². The number of aliphatic carboxylic acids is 1. The van der Waals surface area contributed by atoms with Crippen molar-refractivity contribution in [3.63, 3.8) is 0 Å². The van der Waals surface area contributed by atoms with Crippen LogP contribution in [0.15, 0.2) is 0 Å². The molecule has 0 aromatic rings. The average molecular weight is 293 g/mol. The fourth-order valence-corrected chi connectivity index (χ4v) is 3.49. The lowest BCUT2D eigenvalue weighted by Gasteiger charge is -2.24. The molecule has 0 unspecified atom stereocenters. The number of halogens is 3. The number of alkyl halides is 3. The van der Waals surface area contributed by atoms with E-state index in [-0.39, 0.29) is 13.1 Å². The fourth-order valence-electron chi connectivity index (χ4n) is 3.49. The van der Waals surface area contributed by atoms with Crippen molar-refractivity contribution < 1.29 is 23.1 Å². The van der Waals surface area contributed by atoms with Crippen molar-refractivity contribution in [2.75, 3.05) is 19.6 Å². The highest BCUT2D eigenvalue weighted by atomic mass is 19.4. The van der Waals surface area contributed by atoms with E-state index in [0.29, 0.717) is 12.5 Å².